The minimum atomic E-state index is -0.899. The maximum absolute atomic E-state index is 12.8. The van der Waals surface area contributed by atoms with Crippen molar-refractivity contribution in [3.05, 3.63) is 71.8 Å². The van der Waals surface area contributed by atoms with E-state index in [1.807, 2.05) is 60.7 Å². The summed E-state index contributed by atoms with van der Waals surface area (Å²) >= 11 is 0. The summed E-state index contributed by atoms with van der Waals surface area (Å²) in [7, 11) is 0. The van der Waals surface area contributed by atoms with Crippen LogP contribution in [-0.2, 0) is 37.0 Å². The van der Waals surface area contributed by atoms with Crippen LogP contribution in [0, 0.1) is 0 Å². The van der Waals surface area contributed by atoms with E-state index in [2.05, 4.69) is 21.3 Å². The fourth-order valence-electron chi connectivity index (χ4n) is 3.46. The molecule has 2 aromatic carbocycles. The van der Waals surface area contributed by atoms with Crippen molar-refractivity contribution in [1.29, 1.82) is 0 Å². The third-order valence-electron chi connectivity index (χ3n) is 5.43. The van der Waals surface area contributed by atoms with Crippen molar-refractivity contribution in [3.63, 3.8) is 0 Å². The van der Waals surface area contributed by atoms with Crippen LogP contribution in [0.4, 0.5) is 14.4 Å². The number of hydrogen-bond donors (Lipinski definition) is 4. The Kier molecular flexibility index (Phi) is 15.3. The van der Waals surface area contributed by atoms with Crippen molar-refractivity contribution in [2.75, 3.05) is 32.8 Å². The van der Waals surface area contributed by atoms with Crippen LogP contribution in [0.5, 0.6) is 0 Å². The monoisotopic (exact) mass is 586 g/mol. The lowest BCUT2D eigenvalue weighted by Gasteiger charge is -2.19. The van der Waals surface area contributed by atoms with Gasteiger partial charge in [-0.05, 0) is 44.7 Å². The molecule has 1 atom stereocenters. The van der Waals surface area contributed by atoms with Gasteiger partial charge in [-0.1, -0.05) is 60.7 Å². The van der Waals surface area contributed by atoms with Gasteiger partial charge in [0.25, 0.3) is 0 Å². The SMILES string of the molecule is CC(C)(C)OC(=O)NCCOCCNC(=O)C(CCCNC(=O)OCc1ccccc1)NC(=O)OCc1ccccc1. The molecule has 2 rings (SSSR count). The van der Waals surface area contributed by atoms with E-state index in [1.165, 1.54) is 0 Å². The van der Waals surface area contributed by atoms with Crippen LogP contribution in [-0.4, -0.2) is 68.7 Å². The molecular weight excluding hydrogens is 544 g/mol. The van der Waals surface area contributed by atoms with E-state index in [9.17, 15) is 19.2 Å². The quantitative estimate of drug-likeness (QED) is 0.172. The third-order valence-corrected chi connectivity index (χ3v) is 5.43. The zero-order valence-electron chi connectivity index (χ0n) is 24.5. The second-order valence-electron chi connectivity index (χ2n) is 10.2. The number of nitrogens with one attached hydrogen (secondary N) is 4. The standard InChI is InChI=1S/C30H42N4O8/c1-30(2,3)42-28(37)33-18-20-39-19-17-31-26(35)25(34-29(38)41-22-24-13-8-5-9-14-24)15-10-16-32-27(36)40-21-23-11-6-4-7-12-23/h4-9,11-14,25H,10,15-22H2,1-3H3,(H,31,35)(H,32,36)(H,33,37)(H,34,38). The van der Waals surface area contributed by atoms with Crippen LogP contribution >= 0.6 is 0 Å². The van der Waals surface area contributed by atoms with Crippen molar-refractivity contribution in [1.82, 2.24) is 21.3 Å². The number of amides is 4. The molecule has 0 spiro atoms. The van der Waals surface area contributed by atoms with Gasteiger partial charge in [0.2, 0.25) is 5.91 Å². The summed E-state index contributed by atoms with van der Waals surface area (Å²) < 4.78 is 21.0. The van der Waals surface area contributed by atoms with Gasteiger partial charge in [-0.15, -0.1) is 0 Å². The van der Waals surface area contributed by atoms with Gasteiger partial charge in [0, 0.05) is 19.6 Å². The van der Waals surface area contributed by atoms with Crippen LogP contribution in [0.3, 0.4) is 0 Å². The number of rotatable bonds is 16. The topological polar surface area (TPSA) is 153 Å². The van der Waals surface area contributed by atoms with Crippen molar-refractivity contribution in [2.24, 2.45) is 0 Å². The highest BCUT2D eigenvalue weighted by atomic mass is 16.6. The summed E-state index contributed by atoms with van der Waals surface area (Å²) in [5, 5.41) is 10.5. The first-order valence-electron chi connectivity index (χ1n) is 13.9. The molecule has 0 aliphatic heterocycles. The molecule has 230 valence electrons. The second kappa shape index (κ2) is 18.9. The number of ether oxygens (including phenoxy) is 4. The molecule has 2 aromatic rings. The third kappa shape index (κ3) is 16.1. The maximum atomic E-state index is 12.8. The van der Waals surface area contributed by atoms with E-state index in [1.54, 1.807) is 20.8 Å². The first-order valence-corrected chi connectivity index (χ1v) is 13.9. The molecule has 0 saturated heterocycles. The Morgan fingerprint density at radius 2 is 1.21 bits per heavy atom. The summed E-state index contributed by atoms with van der Waals surface area (Å²) in [6.07, 6.45) is -1.21. The van der Waals surface area contributed by atoms with E-state index in [0.29, 0.717) is 6.42 Å². The lowest BCUT2D eigenvalue weighted by molar-refractivity contribution is -0.123. The summed E-state index contributed by atoms with van der Waals surface area (Å²) in [6, 6.07) is 17.6. The smallest absolute Gasteiger partial charge is 0.408 e. The minimum absolute atomic E-state index is 0.0565. The van der Waals surface area contributed by atoms with Gasteiger partial charge >= 0.3 is 18.3 Å². The zero-order chi connectivity index (χ0) is 30.6. The molecule has 0 fully saturated rings. The highest BCUT2D eigenvalue weighted by Gasteiger charge is 2.21. The molecule has 12 heteroatoms. The molecule has 42 heavy (non-hydrogen) atoms. The number of carbonyl (C=O) groups is 4. The first kappa shape index (κ1) is 33.9. The Labute approximate surface area is 246 Å². The van der Waals surface area contributed by atoms with Gasteiger partial charge in [-0.2, -0.15) is 0 Å². The first-order chi connectivity index (χ1) is 20.1. The number of hydrogen-bond acceptors (Lipinski definition) is 8. The van der Waals surface area contributed by atoms with Crippen molar-refractivity contribution < 1.29 is 38.1 Å². The zero-order valence-corrected chi connectivity index (χ0v) is 24.5. The van der Waals surface area contributed by atoms with Crippen LogP contribution in [0.15, 0.2) is 60.7 Å². The van der Waals surface area contributed by atoms with Crippen molar-refractivity contribution in [2.45, 2.75) is 58.5 Å². The van der Waals surface area contributed by atoms with Gasteiger partial charge in [-0.3, -0.25) is 4.79 Å². The fraction of sp³-hybridized carbons (Fsp3) is 0.467. The maximum Gasteiger partial charge on any atom is 0.408 e. The summed E-state index contributed by atoms with van der Waals surface area (Å²) in [6.45, 7) is 6.63. The van der Waals surface area contributed by atoms with Crippen molar-refractivity contribution >= 4 is 24.2 Å². The number of benzene rings is 2. The Balaban J connectivity index is 1.73. The molecule has 0 aliphatic rings. The van der Waals surface area contributed by atoms with Gasteiger partial charge < -0.3 is 40.2 Å². The summed E-state index contributed by atoms with van der Waals surface area (Å²) in [4.78, 5) is 48.9. The van der Waals surface area contributed by atoms with Gasteiger partial charge in [0.05, 0.1) is 13.2 Å². The Hall–Kier alpha value is -4.32. The van der Waals surface area contributed by atoms with Crippen LogP contribution in [0.1, 0.15) is 44.7 Å². The van der Waals surface area contributed by atoms with E-state index in [-0.39, 0.29) is 52.5 Å². The second-order valence-corrected chi connectivity index (χ2v) is 10.2. The fourth-order valence-corrected chi connectivity index (χ4v) is 3.46. The molecule has 4 amide bonds. The molecule has 0 aromatic heterocycles. The van der Waals surface area contributed by atoms with Crippen LogP contribution in [0.25, 0.3) is 0 Å². The van der Waals surface area contributed by atoms with Gasteiger partial charge in [0.1, 0.15) is 24.9 Å². The molecule has 0 aliphatic carbocycles. The summed E-state index contributed by atoms with van der Waals surface area (Å²) in [5.74, 6) is -0.422. The number of alkyl carbamates (subject to hydrolysis) is 3. The van der Waals surface area contributed by atoms with Gasteiger partial charge in [-0.25, -0.2) is 14.4 Å². The lowest BCUT2D eigenvalue weighted by Crippen LogP contribution is -2.48. The van der Waals surface area contributed by atoms with E-state index in [4.69, 9.17) is 18.9 Å². The van der Waals surface area contributed by atoms with E-state index in [0.717, 1.165) is 11.1 Å². The molecule has 0 saturated carbocycles. The lowest BCUT2D eigenvalue weighted by atomic mass is 10.1. The average molecular weight is 587 g/mol. The molecular formula is C30H42N4O8. The molecule has 1 unspecified atom stereocenters. The van der Waals surface area contributed by atoms with Crippen LogP contribution in [0.2, 0.25) is 0 Å². The molecule has 4 N–H and O–H groups in total. The minimum Gasteiger partial charge on any atom is -0.445 e. The molecule has 0 radical (unpaired) electrons. The van der Waals surface area contributed by atoms with Crippen LogP contribution < -0.4 is 21.3 Å². The Morgan fingerprint density at radius 1 is 0.690 bits per heavy atom. The highest BCUT2D eigenvalue weighted by Crippen LogP contribution is 2.06. The molecule has 0 bridgehead atoms. The van der Waals surface area contributed by atoms with E-state index < -0.39 is 35.8 Å². The number of carbonyl (C=O) groups excluding carboxylic acids is 4. The summed E-state index contributed by atoms with van der Waals surface area (Å²) in [5.41, 5.74) is 1.09. The largest absolute Gasteiger partial charge is 0.445 e. The molecule has 0 heterocycles. The van der Waals surface area contributed by atoms with Gasteiger partial charge in [0.15, 0.2) is 0 Å². The predicted molar refractivity (Wildman–Crippen MR) is 155 cm³/mol. The van der Waals surface area contributed by atoms with E-state index >= 15 is 0 Å². The predicted octanol–water partition coefficient (Wildman–Crippen LogP) is 3.65. The normalized spacial score (nSPS) is 11.5. The van der Waals surface area contributed by atoms with Crippen molar-refractivity contribution in [3.8, 4) is 0 Å². The Morgan fingerprint density at radius 3 is 1.79 bits per heavy atom. The highest BCUT2D eigenvalue weighted by molar-refractivity contribution is 5.85. The average Bonchev–Trinajstić information content (AvgIpc) is 2.96. The Bertz CT molecular complexity index is 1090. The molecule has 12 nitrogen and oxygen atoms in total.